The van der Waals surface area contributed by atoms with Crippen LogP contribution in [-0.2, 0) is 11.3 Å². The molecule has 1 amide bonds. The second-order valence-electron chi connectivity index (χ2n) is 4.16. The van der Waals surface area contributed by atoms with Gasteiger partial charge in [0.25, 0.3) is 0 Å². The molecule has 1 saturated carbocycles. The molecule has 1 aliphatic carbocycles. The lowest BCUT2D eigenvalue weighted by Crippen LogP contribution is -2.31. The lowest BCUT2D eigenvalue weighted by Gasteiger charge is -2.14. The van der Waals surface area contributed by atoms with Gasteiger partial charge in [0.2, 0.25) is 5.91 Å². The Morgan fingerprint density at radius 2 is 2.53 bits per heavy atom. The number of amides is 1. The van der Waals surface area contributed by atoms with Crippen molar-refractivity contribution < 1.29 is 4.79 Å². The van der Waals surface area contributed by atoms with Crippen LogP contribution in [0.3, 0.4) is 0 Å². The Bertz CT molecular complexity index is 322. The minimum absolute atomic E-state index is 0.149. The zero-order chi connectivity index (χ0) is 10.7. The van der Waals surface area contributed by atoms with E-state index in [0.717, 1.165) is 6.42 Å². The highest BCUT2D eigenvalue weighted by Gasteiger charge is 2.29. The molecule has 0 aliphatic heterocycles. The number of aromatic amines is 1. The lowest BCUT2D eigenvalue weighted by molar-refractivity contribution is -0.126. The van der Waals surface area contributed by atoms with Gasteiger partial charge in [0.05, 0.1) is 6.54 Å². The molecule has 2 rings (SSSR count). The molecular formula is C10H16N4O. The number of H-pyrrole nitrogens is 1. The van der Waals surface area contributed by atoms with Gasteiger partial charge in [-0.1, -0.05) is 13.3 Å². The van der Waals surface area contributed by atoms with Gasteiger partial charge >= 0.3 is 0 Å². The molecule has 2 N–H and O–H groups in total. The molecular weight excluding hydrogens is 192 g/mol. The van der Waals surface area contributed by atoms with E-state index in [9.17, 15) is 4.79 Å². The predicted octanol–water partition coefficient (Wildman–Crippen LogP) is 0.857. The maximum Gasteiger partial charge on any atom is 0.223 e. The highest BCUT2D eigenvalue weighted by atomic mass is 16.1. The SMILES string of the molecule is CC1CCCC1C(=O)NCc1ncn[nH]1. The van der Waals surface area contributed by atoms with Gasteiger partial charge in [-0.15, -0.1) is 0 Å². The molecule has 82 valence electrons. The second kappa shape index (κ2) is 4.42. The number of nitrogens with one attached hydrogen (secondary N) is 2. The van der Waals surface area contributed by atoms with Crippen LogP contribution in [0.5, 0.6) is 0 Å². The van der Waals surface area contributed by atoms with Crippen molar-refractivity contribution in [1.29, 1.82) is 0 Å². The summed E-state index contributed by atoms with van der Waals surface area (Å²) in [7, 11) is 0. The fraction of sp³-hybridized carbons (Fsp3) is 0.700. The largest absolute Gasteiger partial charge is 0.349 e. The molecule has 5 nitrogen and oxygen atoms in total. The van der Waals surface area contributed by atoms with Crippen LogP contribution in [-0.4, -0.2) is 21.1 Å². The van der Waals surface area contributed by atoms with Crippen molar-refractivity contribution >= 4 is 5.91 Å². The van der Waals surface area contributed by atoms with Gasteiger partial charge in [-0.3, -0.25) is 9.89 Å². The molecule has 1 aliphatic rings. The average molecular weight is 208 g/mol. The van der Waals surface area contributed by atoms with Gasteiger partial charge in [-0.2, -0.15) is 5.10 Å². The van der Waals surface area contributed by atoms with Crippen LogP contribution in [0, 0.1) is 11.8 Å². The summed E-state index contributed by atoms with van der Waals surface area (Å²) in [6.07, 6.45) is 4.80. The van der Waals surface area contributed by atoms with Crippen molar-refractivity contribution in [2.45, 2.75) is 32.7 Å². The van der Waals surface area contributed by atoms with Gasteiger partial charge in [0, 0.05) is 5.92 Å². The third-order valence-corrected chi connectivity index (χ3v) is 3.09. The molecule has 0 saturated heterocycles. The predicted molar refractivity (Wildman–Crippen MR) is 54.7 cm³/mol. The van der Waals surface area contributed by atoms with E-state index in [-0.39, 0.29) is 11.8 Å². The average Bonchev–Trinajstić information content (AvgIpc) is 2.84. The smallest absolute Gasteiger partial charge is 0.223 e. The molecule has 1 heterocycles. The van der Waals surface area contributed by atoms with E-state index in [1.165, 1.54) is 19.2 Å². The van der Waals surface area contributed by atoms with E-state index >= 15 is 0 Å². The third kappa shape index (κ3) is 2.34. The van der Waals surface area contributed by atoms with Crippen molar-refractivity contribution in [2.24, 2.45) is 11.8 Å². The van der Waals surface area contributed by atoms with Crippen LogP contribution in [0.4, 0.5) is 0 Å². The number of hydrogen-bond donors (Lipinski definition) is 2. The number of aromatic nitrogens is 3. The molecule has 0 radical (unpaired) electrons. The maximum absolute atomic E-state index is 11.8. The summed E-state index contributed by atoms with van der Waals surface area (Å²) >= 11 is 0. The Morgan fingerprint density at radius 3 is 3.13 bits per heavy atom. The van der Waals surface area contributed by atoms with Gasteiger partial charge in [0.1, 0.15) is 12.2 Å². The van der Waals surface area contributed by atoms with E-state index < -0.39 is 0 Å². The van der Waals surface area contributed by atoms with Gasteiger partial charge in [-0.05, 0) is 18.8 Å². The van der Waals surface area contributed by atoms with Gasteiger partial charge in [-0.25, -0.2) is 4.98 Å². The summed E-state index contributed by atoms with van der Waals surface area (Å²) in [5.74, 6) is 1.55. The summed E-state index contributed by atoms with van der Waals surface area (Å²) in [6.45, 7) is 2.59. The summed E-state index contributed by atoms with van der Waals surface area (Å²) < 4.78 is 0. The Hall–Kier alpha value is -1.39. The zero-order valence-corrected chi connectivity index (χ0v) is 8.86. The summed E-state index contributed by atoms with van der Waals surface area (Å²) in [4.78, 5) is 15.7. The Balaban J connectivity index is 1.82. The fourth-order valence-corrected chi connectivity index (χ4v) is 2.15. The molecule has 0 bridgehead atoms. The first-order valence-corrected chi connectivity index (χ1v) is 5.39. The van der Waals surface area contributed by atoms with Crippen molar-refractivity contribution in [1.82, 2.24) is 20.5 Å². The summed E-state index contributed by atoms with van der Waals surface area (Å²) in [5.41, 5.74) is 0. The first-order chi connectivity index (χ1) is 7.27. The van der Waals surface area contributed by atoms with Crippen LogP contribution in [0.15, 0.2) is 6.33 Å². The quantitative estimate of drug-likeness (QED) is 0.773. The maximum atomic E-state index is 11.8. The summed E-state index contributed by atoms with van der Waals surface area (Å²) in [5, 5.41) is 9.33. The first-order valence-electron chi connectivity index (χ1n) is 5.39. The third-order valence-electron chi connectivity index (χ3n) is 3.09. The molecule has 5 heteroatoms. The molecule has 1 aromatic rings. The Labute approximate surface area is 88.7 Å². The molecule has 1 aromatic heterocycles. The van der Waals surface area contributed by atoms with E-state index in [1.807, 2.05) is 0 Å². The van der Waals surface area contributed by atoms with Gasteiger partial charge in [0.15, 0.2) is 0 Å². The molecule has 2 unspecified atom stereocenters. The van der Waals surface area contributed by atoms with Crippen LogP contribution < -0.4 is 5.32 Å². The summed E-state index contributed by atoms with van der Waals surface area (Å²) in [6, 6.07) is 0. The Kier molecular flexibility index (Phi) is 2.99. The fourth-order valence-electron chi connectivity index (χ4n) is 2.15. The molecule has 0 spiro atoms. The lowest BCUT2D eigenvalue weighted by atomic mass is 9.97. The number of rotatable bonds is 3. The van der Waals surface area contributed by atoms with E-state index in [4.69, 9.17) is 0 Å². The zero-order valence-electron chi connectivity index (χ0n) is 8.86. The minimum Gasteiger partial charge on any atom is -0.349 e. The Morgan fingerprint density at radius 1 is 1.67 bits per heavy atom. The number of hydrogen-bond acceptors (Lipinski definition) is 3. The van der Waals surface area contributed by atoms with Crippen LogP contribution in [0.25, 0.3) is 0 Å². The topological polar surface area (TPSA) is 70.7 Å². The van der Waals surface area contributed by atoms with E-state index in [0.29, 0.717) is 18.3 Å². The number of carbonyl (C=O) groups excluding carboxylic acids is 1. The number of carbonyl (C=O) groups is 1. The minimum atomic E-state index is 0.149. The van der Waals surface area contributed by atoms with Crippen LogP contribution in [0.2, 0.25) is 0 Å². The number of nitrogens with zero attached hydrogens (tertiary/aromatic N) is 2. The van der Waals surface area contributed by atoms with Crippen molar-refractivity contribution in [3.8, 4) is 0 Å². The highest BCUT2D eigenvalue weighted by Crippen LogP contribution is 2.31. The first kappa shape index (κ1) is 10.1. The standard InChI is InChI=1S/C10H16N4O/c1-7-3-2-4-8(7)10(15)11-5-9-12-6-13-14-9/h6-8H,2-5H2,1H3,(H,11,15)(H,12,13,14). The second-order valence-corrected chi connectivity index (χ2v) is 4.16. The molecule has 0 aromatic carbocycles. The molecule has 15 heavy (non-hydrogen) atoms. The van der Waals surface area contributed by atoms with Crippen LogP contribution in [0.1, 0.15) is 32.0 Å². The molecule has 1 fully saturated rings. The van der Waals surface area contributed by atoms with Gasteiger partial charge < -0.3 is 5.32 Å². The van der Waals surface area contributed by atoms with Crippen molar-refractivity contribution in [2.75, 3.05) is 0 Å². The van der Waals surface area contributed by atoms with E-state index in [2.05, 4.69) is 27.4 Å². The normalized spacial score (nSPS) is 25.4. The monoisotopic (exact) mass is 208 g/mol. The highest BCUT2D eigenvalue weighted by molar-refractivity contribution is 5.79. The van der Waals surface area contributed by atoms with E-state index in [1.54, 1.807) is 0 Å². The van der Waals surface area contributed by atoms with Crippen molar-refractivity contribution in [3.05, 3.63) is 12.2 Å². The molecule has 2 atom stereocenters. The van der Waals surface area contributed by atoms with Crippen molar-refractivity contribution in [3.63, 3.8) is 0 Å². The van der Waals surface area contributed by atoms with Crippen LogP contribution >= 0.6 is 0 Å².